The van der Waals surface area contributed by atoms with Crippen LogP contribution in [0.3, 0.4) is 0 Å². The molecule has 2 N–H and O–H groups in total. The minimum atomic E-state index is -1.34. The normalized spacial score (nSPS) is 26.0. The largest absolute Gasteiger partial charge is 0.481 e. The average molecular weight is 322 g/mol. The van der Waals surface area contributed by atoms with Crippen LogP contribution < -0.4 is 0 Å². The molecule has 0 spiro atoms. The van der Waals surface area contributed by atoms with E-state index in [2.05, 4.69) is 0 Å². The molecule has 0 fully saturated rings. The molecule has 1 unspecified atom stereocenters. The standard InChI is InChI=1S/C19H27FO3/c1-11(2)15-14-7-6-13(20)10-12(14)8-9-19(15,23)16(17(21)22)18(3,4)5/h6-7,10-11,15-16,23H,8-9H2,1-5H3,(H,21,22)/t15-,16?,19+/m0/s1. The third-order valence-corrected chi connectivity index (χ3v) is 5.05. The van der Waals surface area contributed by atoms with Gasteiger partial charge in [0.1, 0.15) is 5.82 Å². The molecule has 23 heavy (non-hydrogen) atoms. The fourth-order valence-corrected chi connectivity index (χ4v) is 4.45. The first-order chi connectivity index (χ1) is 10.5. The molecule has 0 heterocycles. The lowest BCUT2D eigenvalue weighted by Gasteiger charge is -2.50. The minimum absolute atomic E-state index is 0.0497. The third-order valence-electron chi connectivity index (χ3n) is 5.05. The van der Waals surface area contributed by atoms with Gasteiger partial charge >= 0.3 is 5.97 Å². The molecule has 1 aliphatic carbocycles. The van der Waals surface area contributed by atoms with Gasteiger partial charge in [-0.05, 0) is 47.4 Å². The van der Waals surface area contributed by atoms with E-state index in [1.807, 2.05) is 34.6 Å². The van der Waals surface area contributed by atoms with Crippen LogP contribution in [0.25, 0.3) is 0 Å². The van der Waals surface area contributed by atoms with Gasteiger partial charge in [0.2, 0.25) is 0 Å². The van der Waals surface area contributed by atoms with Crippen molar-refractivity contribution in [2.75, 3.05) is 0 Å². The van der Waals surface area contributed by atoms with Crippen molar-refractivity contribution >= 4 is 5.97 Å². The first-order valence-corrected chi connectivity index (χ1v) is 8.22. The predicted molar refractivity (Wildman–Crippen MR) is 87.8 cm³/mol. The lowest BCUT2D eigenvalue weighted by atomic mass is 9.57. The predicted octanol–water partition coefficient (Wildman–Crippen LogP) is 3.99. The Hall–Kier alpha value is -1.42. The first kappa shape index (κ1) is 17.9. The first-order valence-electron chi connectivity index (χ1n) is 8.22. The van der Waals surface area contributed by atoms with Crippen molar-refractivity contribution in [1.82, 2.24) is 0 Å². The highest BCUT2D eigenvalue weighted by Crippen LogP contribution is 2.51. The SMILES string of the molecule is CC(C)[C@H]1c2ccc(F)cc2CC[C@]1(O)C(C(=O)O)C(C)(C)C. The van der Waals surface area contributed by atoms with Crippen molar-refractivity contribution in [3.05, 3.63) is 35.1 Å². The number of aliphatic carboxylic acids is 1. The van der Waals surface area contributed by atoms with E-state index in [1.165, 1.54) is 12.1 Å². The number of carboxylic acid groups (broad SMARTS) is 1. The Morgan fingerprint density at radius 1 is 1.35 bits per heavy atom. The zero-order chi connectivity index (χ0) is 17.6. The Balaban J connectivity index is 2.61. The van der Waals surface area contributed by atoms with Gasteiger partial charge in [0.15, 0.2) is 0 Å². The van der Waals surface area contributed by atoms with Crippen molar-refractivity contribution in [2.24, 2.45) is 17.3 Å². The Bertz CT molecular complexity index is 603. The Kier molecular flexibility index (Phi) is 4.60. The molecule has 128 valence electrons. The van der Waals surface area contributed by atoms with E-state index in [0.29, 0.717) is 12.8 Å². The lowest BCUT2D eigenvalue weighted by molar-refractivity contribution is -0.168. The van der Waals surface area contributed by atoms with Crippen LogP contribution >= 0.6 is 0 Å². The van der Waals surface area contributed by atoms with Crippen LogP contribution in [0.15, 0.2) is 18.2 Å². The third kappa shape index (κ3) is 3.14. The van der Waals surface area contributed by atoms with Gasteiger partial charge in [-0.2, -0.15) is 0 Å². The monoisotopic (exact) mass is 322 g/mol. The zero-order valence-corrected chi connectivity index (χ0v) is 14.6. The van der Waals surface area contributed by atoms with E-state index in [4.69, 9.17) is 0 Å². The number of halogens is 1. The van der Waals surface area contributed by atoms with Crippen molar-refractivity contribution in [3.63, 3.8) is 0 Å². The number of rotatable bonds is 3. The number of fused-ring (bicyclic) bond motifs is 1. The summed E-state index contributed by atoms with van der Waals surface area (Å²) in [4.78, 5) is 12.0. The fourth-order valence-electron chi connectivity index (χ4n) is 4.45. The maximum absolute atomic E-state index is 13.5. The molecule has 1 aromatic carbocycles. The molecule has 2 rings (SSSR count). The second-order valence-corrected chi connectivity index (χ2v) is 8.19. The number of hydrogen-bond acceptors (Lipinski definition) is 2. The van der Waals surface area contributed by atoms with E-state index in [9.17, 15) is 19.4 Å². The Morgan fingerprint density at radius 3 is 2.43 bits per heavy atom. The molecule has 0 saturated heterocycles. The topological polar surface area (TPSA) is 57.5 Å². The van der Waals surface area contributed by atoms with Gasteiger partial charge in [-0.15, -0.1) is 0 Å². The number of carboxylic acids is 1. The maximum atomic E-state index is 13.5. The molecule has 0 saturated carbocycles. The van der Waals surface area contributed by atoms with Crippen molar-refractivity contribution < 1.29 is 19.4 Å². The molecule has 1 aromatic rings. The minimum Gasteiger partial charge on any atom is -0.481 e. The lowest BCUT2D eigenvalue weighted by Crippen LogP contribution is -2.55. The molecule has 0 bridgehead atoms. The van der Waals surface area contributed by atoms with Crippen LogP contribution in [-0.2, 0) is 11.2 Å². The second kappa shape index (κ2) is 5.90. The quantitative estimate of drug-likeness (QED) is 0.884. The van der Waals surface area contributed by atoms with Crippen molar-refractivity contribution in [3.8, 4) is 0 Å². The average Bonchev–Trinajstić information content (AvgIpc) is 2.35. The highest BCUT2D eigenvalue weighted by atomic mass is 19.1. The summed E-state index contributed by atoms with van der Waals surface area (Å²) in [6.07, 6.45) is 0.827. The van der Waals surface area contributed by atoms with E-state index >= 15 is 0 Å². The summed E-state index contributed by atoms with van der Waals surface area (Å²) in [6.45, 7) is 9.51. The molecular weight excluding hydrogens is 295 g/mol. The zero-order valence-electron chi connectivity index (χ0n) is 14.6. The number of aliphatic hydroxyl groups is 1. The summed E-state index contributed by atoms with van der Waals surface area (Å²) < 4.78 is 13.5. The van der Waals surface area contributed by atoms with Gasteiger partial charge in [-0.1, -0.05) is 40.7 Å². The van der Waals surface area contributed by atoms with Crippen LogP contribution in [0.2, 0.25) is 0 Å². The smallest absolute Gasteiger partial charge is 0.309 e. The Morgan fingerprint density at radius 2 is 1.96 bits per heavy atom. The van der Waals surface area contributed by atoms with Crippen LogP contribution in [0.4, 0.5) is 4.39 Å². The van der Waals surface area contributed by atoms with E-state index < -0.39 is 22.9 Å². The van der Waals surface area contributed by atoms with Crippen molar-refractivity contribution in [2.45, 2.75) is 59.0 Å². The highest BCUT2D eigenvalue weighted by Gasteiger charge is 2.55. The number of hydrogen-bond donors (Lipinski definition) is 2. The number of benzene rings is 1. The maximum Gasteiger partial charge on any atom is 0.309 e. The summed E-state index contributed by atoms with van der Waals surface area (Å²) in [6, 6.07) is 4.62. The van der Waals surface area contributed by atoms with Gasteiger partial charge in [0.05, 0.1) is 11.5 Å². The Labute approximate surface area is 137 Å². The summed E-state index contributed by atoms with van der Waals surface area (Å²) in [5, 5.41) is 21.3. The van der Waals surface area contributed by atoms with Gasteiger partial charge < -0.3 is 10.2 Å². The molecule has 0 radical (unpaired) electrons. The van der Waals surface area contributed by atoms with Gasteiger partial charge in [0.25, 0.3) is 0 Å². The number of carbonyl (C=O) groups is 1. The number of aryl methyl sites for hydroxylation is 1. The van der Waals surface area contributed by atoms with E-state index in [0.717, 1.165) is 11.1 Å². The molecule has 3 nitrogen and oxygen atoms in total. The van der Waals surface area contributed by atoms with Crippen LogP contribution in [-0.4, -0.2) is 21.8 Å². The fraction of sp³-hybridized carbons (Fsp3) is 0.632. The molecule has 4 heteroatoms. The van der Waals surface area contributed by atoms with Gasteiger partial charge in [-0.25, -0.2) is 4.39 Å². The molecule has 0 amide bonds. The van der Waals surface area contributed by atoms with Gasteiger partial charge in [-0.3, -0.25) is 4.79 Å². The highest BCUT2D eigenvalue weighted by molar-refractivity contribution is 5.73. The van der Waals surface area contributed by atoms with Crippen LogP contribution in [0.5, 0.6) is 0 Å². The van der Waals surface area contributed by atoms with Crippen LogP contribution in [0.1, 0.15) is 58.1 Å². The van der Waals surface area contributed by atoms with Gasteiger partial charge in [0, 0.05) is 5.92 Å². The van der Waals surface area contributed by atoms with Crippen LogP contribution in [0, 0.1) is 23.1 Å². The summed E-state index contributed by atoms with van der Waals surface area (Å²) in [5.74, 6) is -2.43. The summed E-state index contributed by atoms with van der Waals surface area (Å²) in [7, 11) is 0. The molecule has 1 aliphatic rings. The second-order valence-electron chi connectivity index (χ2n) is 8.19. The molecular formula is C19H27FO3. The molecule has 0 aromatic heterocycles. The van der Waals surface area contributed by atoms with E-state index in [1.54, 1.807) is 6.07 Å². The van der Waals surface area contributed by atoms with Crippen molar-refractivity contribution in [1.29, 1.82) is 0 Å². The molecule has 0 aliphatic heterocycles. The summed E-state index contributed by atoms with van der Waals surface area (Å²) >= 11 is 0. The summed E-state index contributed by atoms with van der Waals surface area (Å²) in [5.41, 5.74) is -0.161. The van der Waals surface area contributed by atoms with E-state index in [-0.39, 0.29) is 17.7 Å². The molecule has 3 atom stereocenters.